The molecule has 146 valence electrons. The van der Waals surface area contributed by atoms with Gasteiger partial charge in [-0.05, 0) is 25.0 Å². The molecule has 1 atom stereocenters. The topological polar surface area (TPSA) is 99.6 Å². The van der Waals surface area contributed by atoms with Gasteiger partial charge in [0.25, 0.3) is 5.56 Å². The minimum absolute atomic E-state index is 0.111. The van der Waals surface area contributed by atoms with Crippen molar-refractivity contribution in [1.82, 2.24) is 39.1 Å². The minimum atomic E-state index is -0.128. The Labute approximate surface area is 166 Å². The molecule has 4 aromatic rings. The molecule has 0 amide bonds. The van der Waals surface area contributed by atoms with Crippen molar-refractivity contribution in [2.45, 2.75) is 25.4 Å². The third-order valence-corrected chi connectivity index (χ3v) is 5.02. The highest BCUT2D eigenvalue weighted by Gasteiger charge is 2.27. The second-order valence-electron chi connectivity index (χ2n) is 6.86. The maximum Gasteiger partial charge on any atom is 0.266 e. The van der Waals surface area contributed by atoms with Gasteiger partial charge in [0, 0.05) is 37.4 Å². The number of nitrogens with zero attached hydrogens (tertiary/aromatic N) is 9. The fourth-order valence-corrected chi connectivity index (χ4v) is 3.63. The van der Waals surface area contributed by atoms with Gasteiger partial charge in [0.1, 0.15) is 12.1 Å². The Bertz CT molecular complexity index is 1150. The molecule has 29 heavy (non-hydrogen) atoms. The summed E-state index contributed by atoms with van der Waals surface area (Å²) in [6.07, 6.45) is 14.1. The van der Waals surface area contributed by atoms with E-state index in [2.05, 4.69) is 25.1 Å². The molecular weight excluding hydrogens is 370 g/mol. The molecule has 0 aromatic carbocycles. The molecule has 0 N–H and O–H groups in total. The maximum atomic E-state index is 12.4. The van der Waals surface area contributed by atoms with Crippen LogP contribution in [0.25, 0.3) is 11.6 Å². The molecule has 10 heteroatoms. The van der Waals surface area contributed by atoms with E-state index in [0.29, 0.717) is 18.2 Å². The van der Waals surface area contributed by atoms with Gasteiger partial charge in [0.05, 0.1) is 25.0 Å². The number of anilines is 1. The zero-order valence-corrected chi connectivity index (χ0v) is 15.6. The van der Waals surface area contributed by atoms with Gasteiger partial charge in [-0.3, -0.25) is 14.3 Å². The van der Waals surface area contributed by atoms with Gasteiger partial charge >= 0.3 is 0 Å². The lowest BCUT2D eigenvalue weighted by molar-refractivity contribution is 0.484. The van der Waals surface area contributed by atoms with Crippen molar-refractivity contribution in [3.63, 3.8) is 0 Å². The van der Waals surface area contributed by atoms with Gasteiger partial charge < -0.3 is 4.90 Å². The quantitative estimate of drug-likeness (QED) is 0.503. The van der Waals surface area contributed by atoms with Crippen LogP contribution in [0, 0.1) is 0 Å². The van der Waals surface area contributed by atoms with Crippen LogP contribution in [0.4, 0.5) is 5.82 Å². The van der Waals surface area contributed by atoms with Crippen molar-refractivity contribution in [3.8, 4) is 11.6 Å². The molecule has 1 aliphatic heterocycles. The van der Waals surface area contributed by atoms with Crippen LogP contribution in [-0.4, -0.2) is 51.7 Å². The van der Waals surface area contributed by atoms with Crippen molar-refractivity contribution in [3.05, 3.63) is 72.1 Å². The van der Waals surface area contributed by atoms with Crippen molar-refractivity contribution in [1.29, 1.82) is 0 Å². The van der Waals surface area contributed by atoms with Gasteiger partial charge in [0.15, 0.2) is 11.6 Å². The van der Waals surface area contributed by atoms with Crippen LogP contribution in [0.15, 0.2) is 66.5 Å². The van der Waals surface area contributed by atoms with Crippen LogP contribution in [0.2, 0.25) is 0 Å². The lowest BCUT2D eigenvalue weighted by Crippen LogP contribution is -2.37. The molecule has 0 bridgehead atoms. The smallest absolute Gasteiger partial charge is 0.266 e. The summed E-state index contributed by atoms with van der Waals surface area (Å²) < 4.78 is 4.98. The molecule has 1 fully saturated rings. The number of aromatic nitrogens is 8. The average Bonchev–Trinajstić information content (AvgIpc) is 3.52. The number of rotatable bonds is 5. The van der Waals surface area contributed by atoms with Gasteiger partial charge in [-0.25, -0.2) is 19.3 Å². The normalized spacial score (nSPS) is 16.4. The summed E-state index contributed by atoms with van der Waals surface area (Å²) in [7, 11) is 0. The van der Waals surface area contributed by atoms with Gasteiger partial charge in [0.2, 0.25) is 0 Å². The Morgan fingerprint density at radius 1 is 1.03 bits per heavy atom. The van der Waals surface area contributed by atoms with Crippen LogP contribution in [0.5, 0.6) is 0 Å². The highest BCUT2D eigenvalue weighted by atomic mass is 16.1. The molecule has 4 aromatic heterocycles. The summed E-state index contributed by atoms with van der Waals surface area (Å²) >= 11 is 0. The summed E-state index contributed by atoms with van der Waals surface area (Å²) in [4.78, 5) is 27.7. The Morgan fingerprint density at radius 3 is 2.79 bits per heavy atom. The van der Waals surface area contributed by atoms with Crippen LogP contribution in [0.1, 0.15) is 12.8 Å². The molecule has 0 radical (unpaired) electrons. The molecule has 0 aliphatic carbocycles. The summed E-state index contributed by atoms with van der Waals surface area (Å²) in [5.74, 6) is 2.10. The molecule has 5 rings (SSSR count). The zero-order valence-electron chi connectivity index (χ0n) is 15.6. The average molecular weight is 389 g/mol. The fourth-order valence-electron chi connectivity index (χ4n) is 3.63. The molecule has 0 saturated carbocycles. The van der Waals surface area contributed by atoms with Crippen molar-refractivity contribution in [2.75, 3.05) is 11.4 Å². The van der Waals surface area contributed by atoms with Gasteiger partial charge in [-0.15, -0.1) is 0 Å². The minimum Gasteiger partial charge on any atom is -0.350 e. The highest BCUT2D eigenvalue weighted by Crippen LogP contribution is 2.24. The van der Waals surface area contributed by atoms with E-state index in [9.17, 15) is 4.79 Å². The number of imidazole rings is 1. The third-order valence-electron chi connectivity index (χ3n) is 5.02. The summed E-state index contributed by atoms with van der Waals surface area (Å²) in [6, 6.07) is 5.20. The first-order valence-electron chi connectivity index (χ1n) is 9.43. The van der Waals surface area contributed by atoms with Crippen molar-refractivity contribution >= 4 is 5.82 Å². The molecule has 5 heterocycles. The number of hydrogen-bond acceptors (Lipinski definition) is 7. The van der Waals surface area contributed by atoms with Crippen LogP contribution >= 0.6 is 0 Å². The fraction of sp³-hybridized carbons (Fsp3) is 0.263. The maximum absolute atomic E-state index is 12.4. The van der Waals surface area contributed by atoms with E-state index in [1.165, 1.54) is 4.68 Å². The molecule has 1 saturated heterocycles. The molecular formula is C19H19N9O. The van der Waals surface area contributed by atoms with E-state index in [-0.39, 0.29) is 11.6 Å². The lowest BCUT2D eigenvalue weighted by Gasteiger charge is -2.26. The molecule has 0 spiro atoms. The first-order chi connectivity index (χ1) is 14.3. The van der Waals surface area contributed by atoms with Crippen LogP contribution in [0.3, 0.4) is 0 Å². The van der Waals surface area contributed by atoms with Crippen molar-refractivity contribution in [2.24, 2.45) is 0 Å². The molecule has 10 nitrogen and oxygen atoms in total. The zero-order chi connectivity index (χ0) is 19.6. The van der Waals surface area contributed by atoms with Crippen LogP contribution in [-0.2, 0) is 6.54 Å². The second-order valence-corrected chi connectivity index (χ2v) is 6.86. The van der Waals surface area contributed by atoms with Crippen LogP contribution < -0.4 is 10.5 Å². The lowest BCUT2D eigenvalue weighted by atomic mass is 10.2. The van der Waals surface area contributed by atoms with Crippen molar-refractivity contribution < 1.29 is 0 Å². The van der Waals surface area contributed by atoms with E-state index >= 15 is 0 Å². The predicted molar refractivity (Wildman–Crippen MR) is 105 cm³/mol. The Kier molecular flexibility index (Phi) is 4.35. The number of hydrogen-bond donors (Lipinski definition) is 0. The largest absolute Gasteiger partial charge is 0.350 e. The first-order valence-corrected chi connectivity index (χ1v) is 9.43. The third kappa shape index (κ3) is 3.40. The van der Waals surface area contributed by atoms with Gasteiger partial charge in [-0.1, -0.05) is 0 Å². The SMILES string of the molecule is O=c1ccc(-n2ccnc2)nn1CC1CCCN1c1cncc(-n2cccn2)n1. The van der Waals surface area contributed by atoms with E-state index < -0.39 is 0 Å². The van der Waals surface area contributed by atoms with E-state index in [1.807, 2.05) is 12.3 Å². The van der Waals surface area contributed by atoms with E-state index in [4.69, 9.17) is 4.98 Å². The standard InChI is InChI=1S/C19H19N9O/c29-19-5-4-16(25-10-7-20-14-25)24-28(19)13-15-3-1-8-26(15)17-11-21-12-18(23-17)27-9-2-6-22-27/h2,4-7,9-12,14-15H,1,3,8,13H2. The highest BCUT2D eigenvalue weighted by molar-refractivity contribution is 5.41. The summed E-state index contributed by atoms with van der Waals surface area (Å²) in [6.45, 7) is 1.34. The Hall–Kier alpha value is -3.82. The van der Waals surface area contributed by atoms with E-state index in [1.54, 1.807) is 58.7 Å². The van der Waals surface area contributed by atoms with Gasteiger partial charge in [-0.2, -0.15) is 10.2 Å². The first kappa shape index (κ1) is 17.3. The monoisotopic (exact) mass is 389 g/mol. The summed E-state index contributed by atoms with van der Waals surface area (Å²) in [5.41, 5.74) is -0.128. The molecule has 1 aliphatic rings. The summed E-state index contributed by atoms with van der Waals surface area (Å²) in [5, 5.41) is 8.73. The predicted octanol–water partition coefficient (Wildman–Crippen LogP) is 1.07. The second kappa shape index (κ2) is 7.30. The Balaban J connectivity index is 1.42. The molecule has 1 unspecified atom stereocenters. The Morgan fingerprint density at radius 2 is 1.97 bits per heavy atom. The van der Waals surface area contributed by atoms with E-state index in [0.717, 1.165) is 25.2 Å².